The maximum Gasteiger partial charge on any atom is 0.220 e. The Balaban J connectivity index is 1.37. The maximum atomic E-state index is 11.8. The number of piperidine rings is 2. The lowest BCUT2D eigenvalue weighted by atomic mass is 9.79. The number of carbonyl (C=O) groups is 1. The van der Waals surface area contributed by atoms with Crippen LogP contribution in [0.5, 0.6) is 0 Å². The molecule has 1 spiro atoms. The summed E-state index contributed by atoms with van der Waals surface area (Å²) < 4.78 is 0. The van der Waals surface area contributed by atoms with E-state index in [2.05, 4.69) is 42.5 Å². The molecule has 2 N–H and O–H groups in total. The minimum Gasteiger partial charge on any atom is -0.357 e. The molecule has 4 rings (SSSR count). The molecule has 1 amide bonds. The van der Waals surface area contributed by atoms with Gasteiger partial charge in [-0.2, -0.15) is 0 Å². The van der Waals surface area contributed by atoms with Gasteiger partial charge in [-0.05, 0) is 49.8 Å². The number of guanidine groups is 1. The SMILES string of the molecule is CN=C(NCc1ccnc(N2CCCCC2)c1)N1CCCC2(CNC(=O)C2)C1. The van der Waals surface area contributed by atoms with Crippen LogP contribution in [0.3, 0.4) is 0 Å². The average molecular weight is 385 g/mol. The minimum absolute atomic E-state index is 0.0745. The van der Waals surface area contributed by atoms with Crippen molar-refractivity contribution >= 4 is 17.7 Å². The largest absolute Gasteiger partial charge is 0.357 e. The molecule has 3 aliphatic rings. The number of nitrogens with zero attached hydrogens (tertiary/aromatic N) is 4. The van der Waals surface area contributed by atoms with Crippen molar-refractivity contribution in [3.8, 4) is 0 Å². The minimum atomic E-state index is 0.0745. The van der Waals surface area contributed by atoms with Gasteiger partial charge in [-0.15, -0.1) is 0 Å². The molecular weight excluding hydrogens is 352 g/mol. The Hall–Kier alpha value is -2.31. The fraction of sp³-hybridized carbons (Fsp3) is 0.667. The van der Waals surface area contributed by atoms with E-state index < -0.39 is 0 Å². The second-order valence-corrected chi connectivity index (χ2v) is 8.45. The highest BCUT2D eigenvalue weighted by Gasteiger charge is 2.42. The highest BCUT2D eigenvalue weighted by Crippen LogP contribution is 2.36. The van der Waals surface area contributed by atoms with E-state index in [9.17, 15) is 4.79 Å². The molecular formula is C21H32N6O. The Morgan fingerprint density at radius 1 is 1.29 bits per heavy atom. The Morgan fingerprint density at radius 2 is 2.14 bits per heavy atom. The molecule has 1 aromatic heterocycles. The van der Waals surface area contributed by atoms with Gasteiger partial charge in [0.15, 0.2) is 5.96 Å². The zero-order valence-corrected chi connectivity index (χ0v) is 16.9. The van der Waals surface area contributed by atoms with Gasteiger partial charge in [0.2, 0.25) is 5.91 Å². The van der Waals surface area contributed by atoms with Crippen LogP contribution in [0.25, 0.3) is 0 Å². The Labute approximate surface area is 167 Å². The van der Waals surface area contributed by atoms with Crippen molar-refractivity contribution < 1.29 is 4.79 Å². The van der Waals surface area contributed by atoms with Gasteiger partial charge in [-0.3, -0.25) is 9.79 Å². The van der Waals surface area contributed by atoms with Gasteiger partial charge in [-0.25, -0.2) is 4.98 Å². The summed E-state index contributed by atoms with van der Waals surface area (Å²) in [7, 11) is 1.84. The smallest absolute Gasteiger partial charge is 0.220 e. The number of hydrogen-bond acceptors (Lipinski definition) is 4. The molecule has 1 aromatic rings. The van der Waals surface area contributed by atoms with E-state index >= 15 is 0 Å². The standard InChI is InChI=1S/C21H32N6O/c1-22-20(27-11-5-7-21(16-27)13-19(28)25-15-21)24-14-17-6-8-23-18(12-17)26-9-3-2-4-10-26/h6,8,12H,2-5,7,9-11,13-16H2,1H3,(H,22,24)(H,25,28). The molecule has 28 heavy (non-hydrogen) atoms. The third-order valence-corrected chi connectivity index (χ3v) is 6.31. The molecule has 1 unspecified atom stereocenters. The van der Waals surface area contributed by atoms with Crippen molar-refractivity contribution in [1.29, 1.82) is 0 Å². The highest BCUT2D eigenvalue weighted by molar-refractivity contribution is 5.81. The summed E-state index contributed by atoms with van der Waals surface area (Å²) in [6.07, 6.45) is 8.61. The van der Waals surface area contributed by atoms with E-state index in [0.717, 1.165) is 63.9 Å². The molecule has 4 heterocycles. The van der Waals surface area contributed by atoms with Crippen molar-refractivity contribution in [2.45, 2.75) is 45.1 Å². The van der Waals surface area contributed by atoms with Gasteiger partial charge < -0.3 is 20.4 Å². The first-order valence-corrected chi connectivity index (χ1v) is 10.6. The second kappa shape index (κ2) is 8.37. The quantitative estimate of drug-likeness (QED) is 0.614. The Morgan fingerprint density at radius 3 is 2.89 bits per heavy atom. The van der Waals surface area contributed by atoms with Gasteiger partial charge in [0.05, 0.1) is 0 Å². The zero-order chi connectivity index (χ0) is 19.4. The molecule has 0 aromatic carbocycles. The molecule has 3 fully saturated rings. The predicted molar refractivity (Wildman–Crippen MR) is 111 cm³/mol. The molecule has 152 valence electrons. The monoisotopic (exact) mass is 384 g/mol. The second-order valence-electron chi connectivity index (χ2n) is 8.45. The Kier molecular flexibility index (Phi) is 5.69. The first-order chi connectivity index (χ1) is 13.7. The summed E-state index contributed by atoms with van der Waals surface area (Å²) in [5, 5.41) is 6.54. The fourth-order valence-corrected chi connectivity index (χ4v) is 4.81. The van der Waals surface area contributed by atoms with Crippen LogP contribution in [0, 0.1) is 5.41 Å². The first-order valence-electron chi connectivity index (χ1n) is 10.6. The zero-order valence-electron chi connectivity index (χ0n) is 16.9. The lowest BCUT2D eigenvalue weighted by Crippen LogP contribution is -2.51. The molecule has 3 saturated heterocycles. The van der Waals surface area contributed by atoms with E-state index in [-0.39, 0.29) is 11.3 Å². The summed E-state index contributed by atoms with van der Waals surface area (Å²) in [4.78, 5) is 25.5. The van der Waals surface area contributed by atoms with Gasteiger partial charge in [0, 0.05) is 64.3 Å². The van der Waals surface area contributed by atoms with E-state index in [1.54, 1.807) is 0 Å². The summed E-state index contributed by atoms with van der Waals surface area (Å²) in [6, 6.07) is 4.27. The number of rotatable bonds is 3. The van der Waals surface area contributed by atoms with Crippen LogP contribution >= 0.6 is 0 Å². The van der Waals surface area contributed by atoms with Crippen LogP contribution in [0.2, 0.25) is 0 Å². The van der Waals surface area contributed by atoms with Crippen LogP contribution in [-0.2, 0) is 11.3 Å². The van der Waals surface area contributed by atoms with Crippen molar-refractivity contribution in [2.75, 3.05) is 44.7 Å². The third kappa shape index (κ3) is 4.23. The highest BCUT2D eigenvalue weighted by atomic mass is 16.1. The first kappa shape index (κ1) is 19.0. The maximum absolute atomic E-state index is 11.8. The summed E-state index contributed by atoms with van der Waals surface area (Å²) in [5.41, 5.74) is 1.30. The van der Waals surface area contributed by atoms with Crippen molar-refractivity contribution in [3.63, 3.8) is 0 Å². The number of aromatic nitrogens is 1. The predicted octanol–water partition coefficient (Wildman–Crippen LogP) is 1.75. The van der Waals surface area contributed by atoms with Gasteiger partial charge in [0.1, 0.15) is 5.82 Å². The van der Waals surface area contributed by atoms with Crippen LogP contribution in [-0.4, -0.2) is 61.5 Å². The molecule has 7 heteroatoms. The molecule has 0 radical (unpaired) electrons. The number of amides is 1. The van der Waals surface area contributed by atoms with Crippen LogP contribution in [0.15, 0.2) is 23.3 Å². The molecule has 0 saturated carbocycles. The molecule has 0 aliphatic carbocycles. The average Bonchev–Trinajstić information content (AvgIpc) is 3.09. The number of aliphatic imine (C=N–C) groups is 1. The molecule has 0 bridgehead atoms. The number of nitrogens with one attached hydrogen (secondary N) is 2. The molecule has 7 nitrogen and oxygen atoms in total. The van der Waals surface area contributed by atoms with E-state index in [1.165, 1.54) is 24.8 Å². The molecule has 3 aliphatic heterocycles. The number of pyridine rings is 1. The van der Waals surface area contributed by atoms with Crippen LogP contribution < -0.4 is 15.5 Å². The number of anilines is 1. The summed E-state index contributed by atoms with van der Waals surface area (Å²) in [6.45, 7) is 5.62. The van der Waals surface area contributed by atoms with E-state index in [1.807, 2.05) is 13.2 Å². The summed E-state index contributed by atoms with van der Waals surface area (Å²) in [5.74, 6) is 2.20. The van der Waals surface area contributed by atoms with Gasteiger partial charge in [-0.1, -0.05) is 0 Å². The van der Waals surface area contributed by atoms with Crippen molar-refractivity contribution in [3.05, 3.63) is 23.9 Å². The van der Waals surface area contributed by atoms with Gasteiger partial charge in [0.25, 0.3) is 0 Å². The third-order valence-electron chi connectivity index (χ3n) is 6.31. The van der Waals surface area contributed by atoms with E-state index in [0.29, 0.717) is 6.42 Å². The van der Waals surface area contributed by atoms with Gasteiger partial charge >= 0.3 is 0 Å². The van der Waals surface area contributed by atoms with Crippen LogP contribution in [0.1, 0.15) is 44.1 Å². The number of likely N-dealkylation sites (tertiary alicyclic amines) is 1. The Bertz CT molecular complexity index is 729. The van der Waals surface area contributed by atoms with E-state index in [4.69, 9.17) is 0 Å². The number of carbonyl (C=O) groups excluding carboxylic acids is 1. The number of hydrogen-bond donors (Lipinski definition) is 2. The van der Waals surface area contributed by atoms with Crippen molar-refractivity contribution in [2.24, 2.45) is 10.4 Å². The fourth-order valence-electron chi connectivity index (χ4n) is 4.81. The van der Waals surface area contributed by atoms with Crippen LogP contribution in [0.4, 0.5) is 5.82 Å². The van der Waals surface area contributed by atoms with Crippen molar-refractivity contribution in [1.82, 2.24) is 20.5 Å². The normalized spacial score (nSPS) is 25.9. The lowest BCUT2D eigenvalue weighted by molar-refractivity contribution is -0.119. The topological polar surface area (TPSA) is 72.9 Å². The lowest BCUT2D eigenvalue weighted by Gasteiger charge is -2.40. The summed E-state index contributed by atoms with van der Waals surface area (Å²) >= 11 is 0. The molecule has 1 atom stereocenters.